The fourth-order valence-electron chi connectivity index (χ4n) is 5.08. The number of alkyl halides is 6. The Labute approximate surface area is 317 Å². The van der Waals surface area contributed by atoms with Crippen LogP contribution < -0.4 is 18.9 Å². The molecule has 18 heteroatoms. The number of carbonyl (C=O) groups is 4. The van der Waals surface area contributed by atoms with Gasteiger partial charge in [0.25, 0.3) is 0 Å². The minimum atomic E-state index is -6.03. The molecule has 0 atom stereocenters. The van der Waals surface area contributed by atoms with Gasteiger partial charge in [0.15, 0.2) is 0 Å². The van der Waals surface area contributed by atoms with E-state index in [0.29, 0.717) is 48.5 Å². The van der Waals surface area contributed by atoms with Crippen LogP contribution in [0.25, 0.3) is 0 Å². The zero-order valence-corrected chi connectivity index (χ0v) is 29.1. The number of benzene rings is 4. The van der Waals surface area contributed by atoms with Gasteiger partial charge >= 0.3 is 36.2 Å². The summed E-state index contributed by atoms with van der Waals surface area (Å²) >= 11 is 0. The lowest BCUT2D eigenvalue weighted by Gasteiger charge is -2.38. The fraction of sp³-hybridized carbons (Fsp3) is 0.179. The second kappa shape index (κ2) is 18.3. The summed E-state index contributed by atoms with van der Waals surface area (Å²) in [7, 11) is 0. The van der Waals surface area contributed by atoms with Crippen molar-refractivity contribution in [2.75, 3.05) is 26.4 Å². The van der Waals surface area contributed by atoms with E-state index >= 15 is 0 Å². The summed E-state index contributed by atoms with van der Waals surface area (Å²) in [5.41, 5.74) is -8.66. The first-order chi connectivity index (χ1) is 26.9. The Kier molecular flexibility index (Phi) is 13.8. The molecule has 300 valence electrons. The Morgan fingerprint density at radius 2 is 0.842 bits per heavy atom. The van der Waals surface area contributed by atoms with Crippen molar-refractivity contribution in [2.45, 2.75) is 17.8 Å². The van der Waals surface area contributed by atoms with E-state index in [1.54, 1.807) is 0 Å². The minimum absolute atomic E-state index is 0.0704. The molecule has 0 spiro atoms. The zero-order valence-electron chi connectivity index (χ0n) is 29.1. The standard InChI is InChI=1S/C39H28F8O10/c1-3-33(48)54-19-17-52-27-13-15-29(31(40)21-27)35(50)56-25-9-5-23(6-10-25)37(38(42,43)44,39(45,46)47)24-7-11-26(12-8-24)57-36(51)30-16-14-28(22-32(30)41)53-18-20-55-34(49)4-2/h3-16,21-22H,1-2,17-20H2. The molecule has 4 aromatic carbocycles. The van der Waals surface area contributed by atoms with Crippen LogP contribution in [-0.4, -0.2) is 62.7 Å². The van der Waals surface area contributed by atoms with E-state index in [4.69, 9.17) is 28.4 Å². The van der Waals surface area contributed by atoms with Gasteiger partial charge < -0.3 is 28.4 Å². The molecule has 4 aromatic rings. The first-order valence-electron chi connectivity index (χ1n) is 16.1. The van der Waals surface area contributed by atoms with Gasteiger partial charge in [0.2, 0.25) is 5.41 Å². The van der Waals surface area contributed by atoms with E-state index in [0.717, 1.165) is 48.6 Å². The predicted molar refractivity (Wildman–Crippen MR) is 182 cm³/mol. The normalized spacial score (nSPS) is 11.5. The molecule has 0 unspecified atom stereocenters. The highest BCUT2D eigenvalue weighted by Gasteiger charge is 2.72. The summed E-state index contributed by atoms with van der Waals surface area (Å²) in [6.45, 7) is 5.66. The maximum Gasteiger partial charge on any atom is 0.411 e. The zero-order chi connectivity index (χ0) is 42.0. The number of hydrogen-bond donors (Lipinski definition) is 0. The molecule has 0 aliphatic heterocycles. The number of carbonyl (C=O) groups excluding carboxylic acids is 4. The molecule has 0 radical (unpaired) electrons. The number of esters is 4. The summed E-state index contributed by atoms with van der Waals surface area (Å²) in [6, 6.07) is 10.1. The highest BCUT2D eigenvalue weighted by atomic mass is 19.4. The molecule has 0 heterocycles. The molecule has 0 amide bonds. The molecule has 0 N–H and O–H groups in total. The van der Waals surface area contributed by atoms with E-state index < -0.39 is 87.0 Å². The highest BCUT2D eigenvalue weighted by molar-refractivity contribution is 5.92. The number of ether oxygens (including phenoxy) is 6. The Hall–Kier alpha value is -6.72. The number of hydrogen-bond acceptors (Lipinski definition) is 10. The average Bonchev–Trinajstić information content (AvgIpc) is 3.15. The Bertz CT molecular complexity index is 1960. The summed E-state index contributed by atoms with van der Waals surface area (Å²) in [5, 5.41) is 0. The number of rotatable bonds is 16. The van der Waals surface area contributed by atoms with Crippen LogP contribution in [0.5, 0.6) is 23.0 Å². The first kappa shape index (κ1) is 43.0. The van der Waals surface area contributed by atoms with E-state index in [2.05, 4.69) is 13.2 Å². The monoisotopic (exact) mass is 808 g/mol. The predicted octanol–water partition coefficient (Wildman–Crippen LogP) is 8.03. The van der Waals surface area contributed by atoms with Crippen molar-refractivity contribution in [3.63, 3.8) is 0 Å². The molecule has 0 fully saturated rings. The summed E-state index contributed by atoms with van der Waals surface area (Å²) in [5.74, 6) is -7.62. The van der Waals surface area contributed by atoms with Crippen LogP contribution in [0.3, 0.4) is 0 Å². The molecule has 0 aliphatic carbocycles. The average molecular weight is 809 g/mol. The van der Waals surface area contributed by atoms with Crippen molar-refractivity contribution in [1.82, 2.24) is 0 Å². The van der Waals surface area contributed by atoms with Gasteiger partial charge in [-0.2, -0.15) is 26.3 Å². The third kappa shape index (κ3) is 10.3. The lowest BCUT2D eigenvalue weighted by Crippen LogP contribution is -2.54. The Morgan fingerprint density at radius 3 is 1.14 bits per heavy atom. The van der Waals surface area contributed by atoms with Crippen molar-refractivity contribution < 1.29 is 82.7 Å². The topological polar surface area (TPSA) is 124 Å². The van der Waals surface area contributed by atoms with Gasteiger partial charge in [0.05, 0.1) is 11.1 Å². The van der Waals surface area contributed by atoms with Crippen LogP contribution in [0.2, 0.25) is 0 Å². The molecule has 0 aliphatic rings. The summed E-state index contributed by atoms with van der Waals surface area (Å²) in [4.78, 5) is 47.4. The Balaban J connectivity index is 1.50. The SMILES string of the molecule is C=CC(=O)OCCOc1ccc(C(=O)Oc2ccc(C(c3ccc(OC(=O)c4ccc(OCCOC(=O)C=C)cc4F)cc3)(C(F)(F)F)C(F)(F)F)cc2)c(F)c1. The van der Waals surface area contributed by atoms with E-state index in [9.17, 15) is 54.3 Å². The van der Waals surface area contributed by atoms with Crippen LogP contribution in [0.4, 0.5) is 35.1 Å². The molecule has 4 rings (SSSR count). The third-order valence-corrected chi connectivity index (χ3v) is 7.69. The quantitative estimate of drug-likeness (QED) is 0.0362. The highest BCUT2D eigenvalue weighted by Crippen LogP contribution is 2.56. The third-order valence-electron chi connectivity index (χ3n) is 7.69. The Morgan fingerprint density at radius 1 is 0.509 bits per heavy atom. The van der Waals surface area contributed by atoms with Crippen molar-refractivity contribution >= 4 is 23.9 Å². The molecule has 0 saturated carbocycles. The molecule has 57 heavy (non-hydrogen) atoms. The second-order valence-electron chi connectivity index (χ2n) is 11.3. The summed E-state index contributed by atoms with van der Waals surface area (Å²) < 4.78 is 147. The van der Waals surface area contributed by atoms with Crippen molar-refractivity contribution in [2.24, 2.45) is 0 Å². The largest absolute Gasteiger partial charge is 0.490 e. The lowest BCUT2D eigenvalue weighted by atomic mass is 9.73. The molecule has 0 bridgehead atoms. The maximum absolute atomic E-state index is 14.7. The second-order valence-corrected chi connectivity index (χ2v) is 11.3. The first-order valence-corrected chi connectivity index (χ1v) is 16.1. The fourth-order valence-corrected chi connectivity index (χ4v) is 5.08. The smallest absolute Gasteiger partial charge is 0.411 e. The summed E-state index contributed by atoms with van der Waals surface area (Å²) in [6.07, 6.45) is -10.2. The van der Waals surface area contributed by atoms with Gasteiger partial charge in [-0.05, 0) is 59.7 Å². The van der Waals surface area contributed by atoms with Crippen LogP contribution in [0, 0.1) is 11.6 Å². The van der Waals surface area contributed by atoms with Crippen LogP contribution in [0.1, 0.15) is 31.8 Å². The molecular formula is C39H28F8O10. The molecule has 10 nitrogen and oxygen atoms in total. The van der Waals surface area contributed by atoms with Crippen molar-refractivity contribution in [3.05, 3.63) is 144 Å². The maximum atomic E-state index is 14.7. The van der Waals surface area contributed by atoms with Gasteiger partial charge in [0, 0.05) is 24.3 Å². The van der Waals surface area contributed by atoms with Gasteiger partial charge in [-0.25, -0.2) is 28.0 Å². The van der Waals surface area contributed by atoms with Crippen molar-refractivity contribution in [3.8, 4) is 23.0 Å². The van der Waals surface area contributed by atoms with Gasteiger partial charge in [-0.3, -0.25) is 0 Å². The number of halogens is 8. The van der Waals surface area contributed by atoms with Crippen LogP contribution in [-0.2, 0) is 24.5 Å². The molecule has 0 aromatic heterocycles. The molecule has 0 saturated heterocycles. The van der Waals surface area contributed by atoms with Gasteiger partial charge in [-0.15, -0.1) is 0 Å². The lowest BCUT2D eigenvalue weighted by molar-refractivity contribution is -0.288. The van der Waals surface area contributed by atoms with Crippen molar-refractivity contribution in [1.29, 1.82) is 0 Å². The van der Waals surface area contributed by atoms with E-state index in [1.165, 1.54) is 0 Å². The molecular weight excluding hydrogens is 780 g/mol. The van der Waals surface area contributed by atoms with Crippen LogP contribution in [0.15, 0.2) is 110 Å². The van der Waals surface area contributed by atoms with E-state index in [-0.39, 0.29) is 37.9 Å². The van der Waals surface area contributed by atoms with Crippen LogP contribution >= 0.6 is 0 Å². The van der Waals surface area contributed by atoms with Gasteiger partial charge in [-0.1, -0.05) is 37.4 Å². The van der Waals surface area contributed by atoms with E-state index in [1.807, 2.05) is 0 Å². The minimum Gasteiger partial charge on any atom is -0.490 e. The van der Waals surface area contributed by atoms with Gasteiger partial charge in [0.1, 0.15) is 61.1 Å².